The summed E-state index contributed by atoms with van der Waals surface area (Å²) < 4.78 is 5.21. The lowest BCUT2D eigenvalue weighted by molar-refractivity contribution is -0.136. The third kappa shape index (κ3) is 2.74. The van der Waals surface area contributed by atoms with Crippen molar-refractivity contribution in [1.29, 1.82) is 0 Å². The predicted octanol–water partition coefficient (Wildman–Crippen LogP) is 1.11. The van der Waals surface area contributed by atoms with Crippen LogP contribution in [0.3, 0.4) is 0 Å². The first kappa shape index (κ1) is 9.51. The highest BCUT2D eigenvalue weighted by Crippen LogP contribution is 2.16. The molecule has 1 rings (SSSR count). The van der Waals surface area contributed by atoms with Crippen molar-refractivity contribution in [3.8, 4) is 5.75 Å². The molecule has 1 aromatic rings. The molecule has 0 aromatic carbocycles. The van der Waals surface area contributed by atoms with Gasteiger partial charge in [-0.15, -0.1) is 0 Å². The number of carboxylic acid groups (broad SMARTS) is 1. The fourth-order valence-electron chi connectivity index (χ4n) is 1.00. The van der Waals surface area contributed by atoms with E-state index in [9.17, 15) is 4.79 Å². The highest BCUT2D eigenvalue weighted by atomic mass is 16.5. The molecule has 0 atom stereocenters. The van der Waals surface area contributed by atoms with Crippen molar-refractivity contribution in [3.05, 3.63) is 24.0 Å². The minimum atomic E-state index is -0.868. The number of carboxylic acids is 1. The Labute approximate surface area is 76.2 Å². The Bertz CT molecular complexity index is 299. The Kier molecular flexibility index (Phi) is 3.25. The van der Waals surface area contributed by atoms with Gasteiger partial charge in [-0.05, 0) is 13.0 Å². The van der Waals surface area contributed by atoms with Gasteiger partial charge in [0.1, 0.15) is 5.75 Å². The average Bonchev–Trinajstić information content (AvgIpc) is 2.08. The molecule has 70 valence electrons. The summed E-state index contributed by atoms with van der Waals surface area (Å²) in [5, 5.41) is 8.58. The number of ether oxygens (including phenoxy) is 1. The summed E-state index contributed by atoms with van der Waals surface area (Å²) in [5.74, 6) is -0.320. The summed E-state index contributed by atoms with van der Waals surface area (Å²) in [6, 6.07) is 1.65. The Balaban J connectivity index is 2.84. The Morgan fingerprint density at radius 3 is 3.08 bits per heavy atom. The van der Waals surface area contributed by atoms with Gasteiger partial charge in [0.2, 0.25) is 0 Å². The molecule has 0 aliphatic heterocycles. The van der Waals surface area contributed by atoms with E-state index in [4.69, 9.17) is 9.84 Å². The second-order valence-corrected chi connectivity index (χ2v) is 2.49. The first-order valence-corrected chi connectivity index (χ1v) is 4.01. The highest BCUT2D eigenvalue weighted by Gasteiger charge is 2.06. The summed E-state index contributed by atoms with van der Waals surface area (Å²) in [4.78, 5) is 14.3. The van der Waals surface area contributed by atoms with E-state index in [1.54, 1.807) is 12.3 Å². The van der Waals surface area contributed by atoms with E-state index in [1.165, 1.54) is 6.20 Å². The SMILES string of the molecule is CCOc1cnccc1CC(=O)O. The number of pyridine rings is 1. The first-order chi connectivity index (χ1) is 6.24. The molecule has 0 saturated carbocycles. The summed E-state index contributed by atoms with van der Waals surface area (Å²) in [5.41, 5.74) is 0.657. The summed E-state index contributed by atoms with van der Waals surface area (Å²) in [6.07, 6.45) is 3.06. The van der Waals surface area contributed by atoms with E-state index >= 15 is 0 Å². The maximum Gasteiger partial charge on any atom is 0.307 e. The zero-order chi connectivity index (χ0) is 9.68. The zero-order valence-electron chi connectivity index (χ0n) is 7.36. The Morgan fingerprint density at radius 1 is 1.69 bits per heavy atom. The van der Waals surface area contributed by atoms with Gasteiger partial charge in [-0.3, -0.25) is 9.78 Å². The van der Waals surface area contributed by atoms with Crippen LogP contribution in [-0.4, -0.2) is 22.7 Å². The number of carbonyl (C=O) groups is 1. The summed E-state index contributed by atoms with van der Waals surface area (Å²) in [6.45, 7) is 2.36. The molecule has 0 bridgehead atoms. The van der Waals surface area contributed by atoms with E-state index in [0.29, 0.717) is 17.9 Å². The van der Waals surface area contributed by atoms with Crippen LogP contribution < -0.4 is 4.74 Å². The van der Waals surface area contributed by atoms with E-state index < -0.39 is 5.97 Å². The molecule has 4 nitrogen and oxygen atoms in total. The lowest BCUT2D eigenvalue weighted by Gasteiger charge is -2.06. The number of aromatic nitrogens is 1. The van der Waals surface area contributed by atoms with Gasteiger partial charge in [0.25, 0.3) is 0 Å². The van der Waals surface area contributed by atoms with Crippen molar-refractivity contribution in [3.63, 3.8) is 0 Å². The quantitative estimate of drug-likeness (QED) is 0.755. The van der Waals surface area contributed by atoms with E-state index in [1.807, 2.05) is 6.92 Å². The second kappa shape index (κ2) is 4.45. The minimum Gasteiger partial charge on any atom is -0.492 e. The van der Waals surface area contributed by atoms with Crippen molar-refractivity contribution < 1.29 is 14.6 Å². The number of rotatable bonds is 4. The second-order valence-electron chi connectivity index (χ2n) is 2.49. The van der Waals surface area contributed by atoms with Crippen LogP contribution in [0.2, 0.25) is 0 Å². The molecule has 1 heterocycles. The van der Waals surface area contributed by atoms with Crippen LogP contribution in [0.5, 0.6) is 5.75 Å². The highest BCUT2D eigenvalue weighted by molar-refractivity contribution is 5.71. The summed E-state index contributed by atoms with van der Waals surface area (Å²) in [7, 11) is 0. The van der Waals surface area contributed by atoms with Crippen molar-refractivity contribution in [2.75, 3.05) is 6.61 Å². The van der Waals surface area contributed by atoms with Crippen LogP contribution >= 0.6 is 0 Å². The molecule has 0 aliphatic rings. The molecule has 0 fully saturated rings. The fraction of sp³-hybridized carbons (Fsp3) is 0.333. The normalized spacial score (nSPS) is 9.62. The van der Waals surface area contributed by atoms with Crippen molar-refractivity contribution in [1.82, 2.24) is 4.98 Å². The molecule has 13 heavy (non-hydrogen) atoms. The van der Waals surface area contributed by atoms with Crippen LogP contribution in [0.15, 0.2) is 18.5 Å². The van der Waals surface area contributed by atoms with Crippen molar-refractivity contribution >= 4 is 5.97 Å². The molecule has 0 amide bonds. The van der Waals surface area contributed by atoms with Gasteiger partial charge < -0.3 is 9.84 Å². The van der Waals surface area contributed by atoms with Crippen molar-refractivity contribution in [2.45, 2.75) is 13.3 Å². The van der Waals surface area contributed by atoms with Crippen molar-refractivity contribution in [2.24, 2.45) is 0 Å². The van der Waals surface area contributed by atoms with Gasteiger partial charge in [-0.1, -0.05) is 0 Å². The lowest BCUT2D eigenvalue weighted by Crippen LogP contribution is -2.03. The molecule has 0 unspecified atom stereocenters. The lowest BCUT2D eigenvalue weighted by atomic mass is 10.2. The number of aliphatic carboxylic acids is 1. The Morgan fingerprint density at radius 2 is 2.46 bits per heavy atom. The molecule has 0 saturated heterocycles. The zero-order valence-corrected chi connectivity index (χ0v) is 7.36. The third-order valence-electron chi connectivity index (χ3n) is 1.51. The van der Waals surface area contributed by atoms with Crippen LogP contribution in [-0.2, 0) is 11.2 Å². The third-order valence-corrected chi connectivity index (χ3v) is 1.51. The fourth-order valence-corrected chi connectivity index (χ4v) is 1.00. The molecule has 0 aliphatic carbocycles. The molecule has 0 radical (unpaired) electrons. The van der Waals surface area contributed by atoms with Gasteiger partial charge in [0.05, 0.1) is 19.2 Å². The van der Waals surface area contributed by atoms with Crippen LogP contribution in [0, 0.1) is 0 Å². The van der Waals surface area contributed by atoms with E-state index in [-0.39, 0.29) is 6.42 Å². The number of hydrogen-bond donors (Lipinski definition) is 1. The van der Waals surface area contributed by atoms with E-state index in [0.717, 1.165) is 0 Å². The Hall–Kier alpha value is -1.58. The van der Waals surface area contributed by atoms with Crippen LogP contribution in [0.1, 0.15) is 12.5 Å². The average molecular weight is 181 g/mol. The van der Waals surface area contributed by atoms with Crippen LogP contribution in [0.25, 0.3) is 0 Å². The largest absolute Gasteiger partial charge is 0.492 e. The van der Waals surface area contributed by atoms with Gasteiger partial charge in [0, 0.05) is 11.8 Å². The number of hydrogen-bond acceptors (Lipinski definition) is 3. The standard InChI is InChI=1S/C9H11NO3/c1-2-13-8-6-10-4-3-7(8)5-9(11)12/h3-4,6H,2,5H2,1H3,(H,11,12). The van der Waals surface area contributed by atoms with E-state index in [2.05, 4.69) is 4.98 Å². The molecule has 1 N–H and O–H groups in total. The van der Waals surface area contributed by atoms with Gasteiger partial charge in [0.15, 0.2) is 0 Å². The molecular weight excluding hydrogens is 170 g/mol. The van der Waals surface area contributed by atoms with Gasteiger partial charge >= 0.3 is 5.97 Å². The maximum absolute atomic E-state index is 10.4. The monoisotopic (exact) mass is 181 g/mol. The minimum absolute atomic E-state index is 0.0299. The topological polar surface area (TPSA) is 59.4 Å². The predicted molar refractivity (Wildman–Crippen MR) is 46.7 cm³/mol. The molecule has 1 aromatic heterocycles. The molecular formula is C9H11NO3. The molecule has 0 spiro atoms. The smallest absolute Gasteiger partial charge is 0.307 e. The first-order valence-electron chi connectivity index (χ1n) is 4.01. The molecule has 4 heteroatoms. The van der Waals surface area contributed by atoms with Gasteiger partial charge in [-0.25, -0.2) is 0 Å². The maximum atomic E-state index is 10.4. The van der Waals surface area contributed by atoms with Gasteiger partial charge in [-0.2, -0.15) is 0 Å². The van der Waals surface area contributed by atoms with Crippen LogP contribution in [0.4, 0.5) is 0 Å². The number of nitrogens with zero attached hydrogens (tertiary/aromatic N) is 1. The summed E-state index contributed by atoms with van der Waals surface area (Å²) >= 11 is 0.